The molecule has 0 bridgehead atoms. The largest absolute Gasteiger partial charge is 0.478 e. The average molecular weight is 295 g/mol. The molecule has 0 aromatic carbocycles. The normalized spacial score (nSPS) is 21.7. The Labute approximate surface area is 121 Å². The summed E-state index contributed by atoms with van der Waals surface area (Å²) in [5.74, 6) is -0.783. The Kier molecular flexibility index (Phi) is 4.57. The van der Waals surface area contributed by atoms with Crippen LogP contribution >= 0.6 is 11.3 Å². The molecule has 0 radical (unpaired) electrons. The van der Waals surface area contributed by atoms with Gasteiger partial charge in [-0.25, -0.2) is 4.79 Å². The van der Waals surface area contributed by atoms with Gasteiger partial charge in [-0.3, -0.25) is 4.79 Å². The quantitative estimate of drug-likeness (QED) is 0.810. The number of aliphatic hydroxyl groups is 1. The summed E-state index contributed by atoms with van der Waals surface area (Å²) in [4.78, 5) is 25.0. The Morgan fingerprint density at radius 1 is 1.50 bits per heavy atom. The summed E-state index contributed by atoms with van der Waals surface area (Å²) >= 11 is 1.31. The first-order valence-electron chi connectivity index (χ1n) is 6.39. The molecule has 1 amide bonds. The highest BCUT2D eigenvalue weighted by atomic mass is 32.1. The maximum atomic E-state index is 12.3. The van der Waals surface area contributed by atoms with Crippen molar-refractivity contribution >= 4 is 29.3 Å². The van der Waals surface area contributed by atoms with Gasteiger partial charge in [0.15, 0.2) is 0 Å². The number of amides is 1. The topological polar surface area (TPSA) is 77.8 Å². The van der Waals surface area contributed by atoms with Gasteiger partial charge >= 0.3 is 5.97 Å². The van der Waals surface area contributed by atoms with Crippen LogP contribution in [0.3, 0.4) is 0 Å². The molecular formula is C14H17NO4S. The highest BCUT2D eigenvalue weighted by Gasteiger charge is 2.29. The SMILES string of the molecule is CN(CC1CC(O)C1)C(=O)c1sccc1C=CC(=O)O. The zero-order valence-corrected chi connectivity index (χ0v) is 12.0. The summed E-state index contributed by atoms with van der Waals surface area (Å²) in [7, 11) is 1.73. The number of hydrogen-bond acceptors (Lipinski definition) is 4. The number of carbonyl (C=O) groups is 2. The van der Waals surface area contributed by atoms with Crippen LogP contribution in [0.4, 0.5) is 0 Å². The molecule has 1 aromatic heterocycles. The van der Waals surface area contributed by atoms with Crippen LogP contribution in [-0.2, 0) is 4.79 Å². The molecule has 0 aliphatic heterocycles. The Bertz CT molecular complexity index is 531. The zero-order valence-electron chi connectivity index (χ0n) is 11.2. The van der Waals surface area contributed by atoms with Crippen molar-refractivity contribution in [2.75, 3.05) is 13.6 Å². The third-order valence-corrected chi connectivity index (χ3v) is 4.30. The predicted octanol–water partition coefficient (Wildman–Crippen LogP) is 1.69. The highest BCUT2D eigenvalue weighted by molar-refractivity contribution is 7.12. The second-order valence-electron chi connectivity index (χ2n) is 5.05. The Morgan fingerprint density at radius 3 is 2.80 bits per heavy atom. The van der Waals surface area contributed by atoms with Crippen molar-refractivity contribution in [1.29, 1.82) is 0 Å². The smallest absolute Gasteiger partial charge is 0.328 e. The minimum absolute atomic E-state index is 0.105. The summed E-state index contributed by atoms with van der Waals surface area (Å²) < 4.78 is 0. The molecule has 20 heavy (non-hydrogen) atoms. The van der Waals surface area contributed by atoms with Crippen molar-refractivity contribution in [2.45, 2.75) is 18.9 Å². The van der Waals surface area contributed by atoms with Crippen LogP contribution in [0.2, 0.25) is 0 Å². The summed E-state index contributed by atoms with van der Waals surface area (Å²) in [5, 5.41) is 19.7. The number of carboxylic acid groups (broad SMARTS) is 1. The highest BCUT2D eigenvalue weighted by Crippen LogP contribution is 2.28. The third kappa shape index (κ3) is 3.46. The molecule has 2 rings (SSSR count). The molecule has 1 aromatic rings. The van der Waals surface area contributed by atoms with E-state index in [1.807, 2.05) is 0 Å². The van der Waals surface area contributed by atoms with Crippen molar-refractivity contribution in [3.8, 4) is 0 Å². The van der Waals surface area contributed by atoms with Crippen LogP contribution in [0.1, 0.15) is 28.1 Å². The van der Waals surface area contributed by atoms with Gasteiger partial charge in [-0.2, -0.15) is 0 Å². The number of rotatable bonds is 5. The third-order valence-electron chi connectivity index (χ3n) is 3.38. The molecule has 0 atom stereocenters. The molecule has 108 valence electrons. The second kappa shape index (κ2) is 6.19. The van der Waals surface area contributed by atoms with Crippen LogP contribution in [0.15, 0.2) is 17.5 Å². The summed E-state index contributed by atoms with van der Waals surface area (Å²) in [5.41, 5.74) is 0.628. The Balaban J connectivity index is 2.01. The number of carbonyl (C=O) groups excluding carboxylic acids is 1. The van der Waals surface area contributed by atoms with Crippen LogP contribution in [-0.4, -0.2) is 46.7 Å². The van der Waals surface area contributed by atoms with Gasteiger partial charge in [0.05, 0.1) is 11.0 Å². The van der Waals surface area contributed by atoms with E-state index in [0.717, 1.165) is 18.9 Å². The average Bonchev–Trinajstić information content (AvgIpc) is 2.81. The minimum Gasteiger partial charge on any atom is -0.478 e. The van der Waals surface area contributed by atoms with Crippen LogP contribution < -0.4 is 0 Å². The lowest BCUT2D eigenvalue weighted by Gasteiger charge is -2.34. The summed E-state index contributed by atoms with van der Waals surface area (Å²) in [6.45, 7) is 0.621. The van der Waals surface area contributed by atoms with E-state index in [1.165, 1.54) is 17.4 Å². The van der Waals surface area contributed by atoms with E-state index in [0.29, 0.717) is 22.9 Å². The van der Waals surface area contributed by atoms with Gasteiger partial charge in [0.25, 0.3) is 5.91 Å². The molecule has 0 unspecified atom stereocenters. The first-order valence-corrected chi connectivity index (χ1v) is 7.27. The monoisotopic (exact) mass is 295 g/mol. The molecule has 0 spiro atoms. The van der Waals surface area contributed by atoms with Gasteiger partial charge in [0.2, 0.25) is 0 Å². The fourth-order valence-electron chi connectivity index (χ4n) is 2.28. The van der Waals surface area contributed by atoms with E-state index in [4.69, 9.17) is 5.11 Å². The van der Waals surface area contributed by atoms with Crippen molar-refractivity contribution in [2.24, 2.45) is 5.92 Å². The second-order valence-corrected chi connectivity index (χ2v) is 5.97. The minimum atomic E-state index is -1.04. The standard InChI is InChI=1S/C14H17NO4S/c1-15(8-9-6-11(16)7-9)14(19)13-10(4-5-20-13)2-3-12(17)18/h2-5,9,11,16H,6-8H2,1H3,(H,17,18). The van der Waals surface area contributed by atoms with E-state index < -0.39 is 5.97 Å². The number of aliphatic hydroxyl groups excluding tert-OH is 1. The molecule has 1 fully saturated rings. The number of nitrogens with zero attached hydrogens (tertiary/aromatic N) is 1. The molecule has 1 aliphatic rings. The number of thiophene rings is 1. The lowest BCUT2D eigenvalue weighted by atomic mass is 9.82. The number of carboxylic acids is 1. The first kappa shape index (κ1) is 14.7. The van der Waals surface area contributed by atoms with Crippen molar-refractivity contribution in [3.63, 3.8) is 0 Å². The molecule has 2 N–H and O–H groups in total. The lowest BCUT2D eigenvalue weighted by Crippen LogP contribution is -2.39. The van der Waals surface area contributed by atoms with Crippen LogP contribution in [0.25, 0.3) is 6.08 Å². The van der Waals surface area contributed by atoms with Crippen molar-refractivity contribution in [1.82, 2.24) is 4.90 Å². The maximum absolute atomic E-state index is 12.3. The molecule has 6 heteroatoms. The predicted molar refractivity (Wildman–Crippen MR) is 76.7 cm³/mol. The van der Waals surface area contributed by atoms with E-state index in [2.05, 4.69) is 0 Å². The molecule has 1 heterocycles. The Morgan fingerprint density at radius 2 is 2.20 bits per heavy atom. The zero-order chi connectivity index (χ0) is 14.7. The van der Waals surface area contributed by atoms with Crippen LogP contribution in [0.5, 0.6) is 0 Å². The fourth-order valence-corrected chi connectivity index (χ4v) is 3.16. The van der Waals surface area contributed by atoms with E-state index in [1.54, 1.807) is 23.4 Å². The molecule has 5 nitrogen and oxygen atoms in total. The Hall–Kier alpha value is -1.66. The fraction of sp³-hybridized carbons (Fsp3) is 0.429. The van der Waals surface area contributed by atoms with E-state index in [9.17, 15) is 14.7 Å². The summed E-state index contributed by atoms with van der Waals surface area (Å²) in [6, 6.07) is 1.73. The lowest BCUT2D eigenvalue weighted by molar-refractivity contribution is -0.131. The van der Waals surface area contributed by atoms with Gasteiger partial charge in [0.1, 0.15) is 0 Å². The molecular weight excluding hydrogens is 278 g/mol. The molecule has 0 saturated heterocycles. The van der Waals surface area contributed by atoms with Gasteiger partial charge < -0.3 is 15.1 Å². The van der Waals surface area contributed by atoms with Gasteiger partial charge in [0, 0.05) is 19.7 Å². The molecule has 1 aliphatic carbocycles. The van der Waals surface area contributed by atoms with Gasteiger partial charge in [-0.05, 0) is 41.8 Å². The summed E-state index contributed by atoms with van der Waals surface area (Å²) in [6.07, 6.45) is 3.73. The van der Waals surface area contributed by atoms with Crippen molar-refractivity contribution in [3.05, 3.63) is 28.0 Å². The number of hydrogen-bond donors (Lipinski definition) is 2. The van der Waals surface area contributed by atoms with Gasteiger partial charge in [-0.15, -0.1) is 11.3 Å². The maximum Gasteiger partial charge on any atom is 0.328 e. The van der Waals surface area contributed by atoms with Gasteiger partial charge in [-0.1, -0.05) is 0 Å². The number of aliphatic carboxylic acids is 1. The van der Waals surface area contributed by atoms with Crippen LogP contribution in [0, 0.1) is 5.92 Å². The first-order chi connectivity index (χ1) is 9.47. The molecule has 1 saturated carbocycles. The van der Waals surface area contributed by atoms with E-state index in [-0.39, 0.29) is 12.0 Å². The van der Waals surface area contributed by atoms with E-state index >= 15 is 0 Å². The van der Waals surface area contributed by atoms with Crippen molar-refractivity contribution < 1.29 is 19.8 Å².